The minimum absolute atomic E-state index is 0.00999. The molecule has 0 aliphatic carbocycles. The highest BCUT2D eigenvalue weighted by molar-refractivity contribution is 7.16. The van der Waals surface area contributed by atoms with E-state index in [2.05, 4.69) is 24.8 Å². The summed E-state index contributed by atoms with van der Waals surface area (Å²) in [5.41, 5.74) is 0.937. The highest BCUT2D eigenvalue weighted by Gasteiger charge is 2.35. The summed E-state index contributed by atoms with van der Waals surface area (Å²) in [6, 6.07) is 0.00999. The number of hydrogen-bond donors (Lipinski definition) is 0. The number of aryl methyl sites for hydroxylation is 2. The molecule has 28 heavy (non-hydrogen) atoms. The Morgan fingerprint density at radius 1 is 1.14 bits per heavy atom. The van der Waals surface area contributed by atoms with Crippen LogP contribution in [0.3, 0.4) is 0 Å². The molecule has 5 heterocycles. The van der Waals surface area contributed by atoms with Gasteiger partial charge in [0, 0.05) is 38.3 Å². The molecule has 1 atom stereocenters. The van der Waals surface area contributed by atoms with Gasteiger partial charge in [-0.1, -0.05) is 6.42 Å². The lowest BCUT2D eigenvalue weighted by Gasteiger charge is -2.24. The van der Waals surface area contributed by atoms with Gasteiger partial charge in [0.25, 0.3) is 5.91 Å². The summed E-state index contributed by atoms with van der Waals surface area (Å²) in [4.78, 5) is 20.3. The van der Waals surface area contributed by atoms with Crippen LogP contribution >= 0.6 is 11.3 Å². The van der Waals surface area contributed by atoms with Crippen molar-refractivity contribution in [1.29, 1.82) is 0 Å². The Hall–Kier alpha value is -2.55. The molecule has 9 heteroatoms. The second-order valence-corrected chi connectivity index (χ2v) is 8.56. The third-order valence-corrected chi connectivity index (χ3v) is 6.65. The van der Waals surface area contributed by atoms with Crippen LogP contribution in [-0.2, 0) is 20.0 Å². The normalized spacial score (nSPS) is 19.6. The number of amides is 1. The van der Waals surface area contributed by atoms with Crippen molar-refractivity contribution in [2.75, 3.05) is 6.54 Å². The number of rotatable bonds is 3. The fourth-order valence-corrected chi connectivity index (χ4v) is 5.06. The van der Waals surface area contributed by atoms with Crippen molar-refractivity contribution in [3.8, 4) is 10.6 Å². The third-order valence-electron chi connectivity index (χ3n) is 5.62. The molecule has 0 spiro atoms. The predicted octanol–water partition coefficient (Wildman–Crippen LogP) is 2.84. The summed E-state index contributed by atoms with van der Waals surface area (Å²) in [5, 5.41) is 13.9. The molecule has 146 valence electrons. The maximum Gasteiger partial charge on any atom is 0.266 e. The fourth-order valence-electron chi connectivity index (χ4n) is 4.21. The molecule has 5 rings (SSSR count). The van der Waals surface area contributed by atoms with E-state index in [1.807, 2.05) is 18.1 Å². The van der Waals surface area contributed by atoms with E-state index in [1.165, 1.54) is 24.2 Å². The zero-order chi connectivity index (χ0) is 19.1. The second-order valence-electron chi connectivity index (χ2n) is 7.53. The summed E-state index contributed by atoms with van der Waals surface area (Å²) in [6.07, 6.45) is 11.9. The molecule has 0 N–H and O–H groups in total. The zero-order valence-electron chi connectivity index (χ0n) is 15.9. The molecule has 0 saturated carbocycles. The molecule has 1 amide bonds. The fraction of sp³-hybridized carbons (Fsp3) is 0.526. The van der Waals surface area contributed by atoms with Gasteiger partial charge in [-0.15, -0.1) is 21.5 Å². The monoisotopic (exact) mass is 397 g/mol. The Morgan fingerprint density at radius 3 is 2.93 bits per heavy atom. The van der Waals surface area contributed by atoms with Crippen LogP contribution in [-0.4, -0.2) is 46.9 Å². The molecule has 0 bridgehead atoms. The second kappa shape index (κ2) is 7.12. The first-order chi connectivity index (χ1) is 13.7. The number of nitrogens with zero attached hydrogens (tertiary/aromatic N) is 7. The van der Waals surface area contributed by atoms with E-state index in [-0.39, 0.29) is 11.9 Å². The van der Waals surface area contributed by atoms with Gasteiger partial charge >= 0.3 is 0 Å². The largest absolute Gasteiger partial charge is 0.328 e. The van der Waals surface area contributed by atoms with E-state index in [9.17, 15) is 4.79 Å². The van der Waals surface area contributed by atoms with Crippen molar-refractivity contribution < 1.29 is 4.79 Å². The smallest absolute Gasteiger partial charge is 0.266 e. The van der Waals surface area contributed by atoms with Gasteiger partial charge in [0.1, 0.15) is 15.7 Å². The molecule has 3 aromatic heterocycles. The number of hydrogen-bond acceptors (Lipinski definition) is 6. The van der Waals surface area contributed by atoms with Gasteiger partial charge in [0.15, 0.2) is 5.82 Å². The van der Waals surface area contributed by atoms with E-state index in [0.717, 1.165) is 61.0 Å². The Morgan fingerprint density at radius 2 is 2.07 bits per heavy atom. The SMILES string of the molecule is Cn1cc(-c2ncc(C(=O)N3CCC[C@@H]3c3nnc4n3CCCCC4)s2)cn1. The molecule has 0 radical (unpaired) electrons. The van der Waals surface area contributed by atoms with Gasteiger partial charge in [-0.25, -0.2) is 4.98 Å². The summed E-state index contributed by atoms with van der Waals surface area (Å²) in [5.74, 6) is 2.07. The van der Waals surface area contributed by atoms with Gasteiger partial charge in [-0.3, -0.25) is 9.48 Å². The molecule has 0 aromatic carbocycles. The molecule has 1 fully saturated rings. The van der Waals surface area contributed by atoms with Crippen LogP contribution in [0.1, 0.15) is 59.5 Å². The molecular weight excluding hydrogens is 374 g/mol. The first-order valence-corrected chi connectivity index (χ1v) is 10.7. The Labute approximate surface area is 167 Å². The Balaban J connectivity index is 1.41. The number of thiazole rings is 1. The number of aromatic nitrogens is 6. The van der Waals surface area contributed by atoms with Crippen LogP contribution in [0.4, 0.5) is 0 Å². The van der Waals surface area contributed by atoms with E-state index in [0.29, 0.717) is 4.88 Å². The van der Waals surface area contributed by atoms with E-state index < -0.39 is 0 Å². The van der Waals surface area contributed by atoms with Crippen LogP contribution in [0.2, 0.25) is 0 Å². The van der Waals surface area contributed by atoms with Crippen molar-refractivity contribution >= 4 is 17.2 Å². The summed E-state index contributed by atoms with van der Waals surface area (Å²) >= 11 is 1.43. The van der Waals surface area contributed by atoms with Crippen LogP contribution in [0.15, 0.2) is 18.6 Å². The van der Waals surface area contributed by atoms with Crippen molar-refractivity contribution in [2.24, 2.45) is 7.05 Å². The van der Waals surface area contributed by atoms with Crippen molar-refractivity contribution in [2.45, 2.75) is 51.1 Å². The molecule has 8 nitrogen and oxygen atoms in total. The van der Waals surface area contributed by atoms with Crippen LogP contribution < -0.4 is 0 Å². The number of likely N-dealkylation sites (tertiary alicyclic amines) is 1. The molecule has 2 aliphatic rings. The number of carbonyl (C=O) groups is 1. The molecule has 0 unspecified atom stereocenters. The molecular formula is C19H23N7OS. The standard InChI is InChI=1S/C19H23N7OS/c1-24-12-13(10-21-24)18-20-11-15(28-18)19(27)25-9-5-6-14(25)17-23-22-16-7-3-2-4-8-26(16)17/h10-12,14H,2-9H2,1H3/t14-/m1/s1. The topological polar surface area (TPSA) is 81.7 Å². The summed E-state index contributed by atoms with van der Waals surface area (Å²) in [6.45, 7) is 1.72. The zero-order valence-corrected chi connectivity index (χ0v) is 16.7. The van der Waals surface area contributed by atoms with Gasteiger partial charge in [0.2, 0.25) is 0 Å². The minimum atomic E-state index is 0.00999. The van der Waals surface area contributed by atoms with Gasteiger partial charge in [0.05, 0.1) is 18.4 Å². The van der Waals surface area contributed by atoms with E-state index in [4.69, 9.17) is 0 Å². The van der Waals surface area contributed by atoms with Crippen LogP contribution in [0.25, 0.3) is 10.6 Å². The molecule has 3 aromatic rings. The highest BCUT2D eigenvalue weighted by Crippen LogP contribution is 2.35. The summed E-state index contributed by atoms with van der Waals surface area (Å²) < 4.78 is 4.00. The average Bonchev–Trinajstić information content (AvgIpc) is 3.46. The van der Waals surface area contributed by atoms with Crippen molar-refractivity contribution in [3.63, 3.8) is 0 Å². The van der Waals surface area contributed by atoms with Crippen LogP contribution in [0, 0.1) is 0 Å². The maximum absolute atomic E-state index is 13.3. The first-order valence-electron chi connectivity index (χ1n) is 9.88. The lowest BCUT2D eigenvalue weighted by molar-refractivity contribution is 0.0731. The Kier molecular flexibility index (Phi) is 4.46. The van der Waals surface area contributed by atoms with Crippen LogP contribution in [0.5, 0.6) is 0 Å². The Bertz CT molecular complexity index is 1000. The third kappa shape index (κ3) is 3.03. The number of fused-ring (bicyclic) bond motifs is 1. The minimum Gasteiger partial charge on any atom is -0.328 e. The van der Waals surface area contributed by atoms with Gasteiger partial charge in [-0.2, -0.15) is 5.10 Å². The van der Waals surface area contributed by atoms with Crippen molar-refractivity contribution in [1.82, 2.24) is 34.4 Å². The van der Waals surface area contributed by atoms with E-state index in [1.54, 1.807) is 17.1 Å². The quantitative estimate of drug-likeness (QED) is 0.679. The summed E-state index contributed by atoms with van der Waals surface area (Å²) in [7, 11) is 1.87. The lowest BCUT2D eigenvalue weighted by Crippen LogP contribution is -2.31. The molecule has 1 saturated heterocycles. The predicted molar refractivity (Wildman–Crippen MR) is 105 cm³/mol. The lowest BCUT2D eigenvalue weighted by atomic mass is 10.2. The average molecular weight is 398 g/mol. The maximum atomic E-state index is 13.3. The van der Waals surface area contributed by atoms with Crippen molar-refractivity contribution in [3.05, 3.63) is 35.1 Å². The first kappa shape index (κ1) is 17.5. The van der Waals surface area contributed by atoms with Gasteiger partial charge in [-0.05, 0) is 25.7 Å². The van der Waals surface area contributed by atoms with Gasteiger partial charge < -0.3 is 9.47 Å². The number of carbonyl (C=O) groups excluding carboxylic acids is 1. The molecule has 2 aliphatic heterocycles. The van der Waals surface area contributed by atoms with E-state index >= 15 is 0 Å². The highest BCUT2D eigenvalue weighted by atomic mass is 32.1.